The van der Waals surface area contributed by atoms with E-state index in [4.69, 9.17) is 0 Å². The van der Waals surface area contributed by atoms with Crippen molar-refractivity contribution in [3.63, 3.8) is 0 Å². The summed E-state index contributed by atoms with van der Waals surface area (Å²) < 4.78 is 0. The number of rotatable bonds is 7. The molecule has 32 heavy (non-hydrogen) atoms. The van der Waals surface area contributed by atoms with Crippen molar-refractivity contribution in [2.45, 2.75) is 19.5 Å². The Labute approximate surface area is 190 Å². The molecule has 0 aliphatic carbocycles. The van der Waals surface area contributed by atoms with Crippen molar-refractivity contribution in [2.75, 3.05) is 12.4 Å². The van der Waals surface area contributed by atoms with Gasteiger partial charge in [0.25, 0.3) is 0 Å². The molecule has 0 aliphatic rings. The van der Waals surface area contributed by atoms with E-state index in [1.54, 1.807) is 17.5 Å². The predicted octanol–water partition coefficient (Wildman–Crippen LogP) is 5.64. The van der Waals surface area contributed by atoms with Crippen molar-refractivity contribution in [3.8, 4) is 22.4 Å². The molecule has 3 N–H and O–H groups in total. The quantitative estimate of drug-likeness (QED) is 0.305. The zero-order chi connectivity index (χ0) is 21.9. The van der Waals surface area contributed by atoms with Crippen LogP contribution in [0.2, 0.25) is 0 Å². The van der Waals surface area contributed by atoms with Gasteiger partial charge in [-0.15, -0.1) is 21.5 Å². The number of hydrogen-bond acceptors (Lipinski definition) is 6. The normalized spacial score (nSPS) is 12.2. The molecule has 6 nitrogen and oxygen atoms in total. The average molecular weight is 441 g/mol. The van der Waals surface area contributed by atoms with E-state index < -0.39 is 0 Å². The van der Waals surface area contributed by atoms with Gasteiger partial charge in [-0.05, 0) is 42.1 Å². The number of hydrogen-bond donors (Lipinski definition) is 3. The van der Waals surface area contributed by atoms with Crippen LogP contribution < -0.4 is 10.6 Å². The van der Waals surface area contributed by atoms with Gasteiger partial charge in [-0.2, -0.15) is 5.10 Å². The molecule has 1 unspecified atom stereocenters. The fourth-order valence-electron chi connectivity index (χ4n) is 3.95. The molecule has 0 spiro atoms. The second-order valence-electron chi connectivity index (χ2n) is 7.72. The van der Waals surface area contributed by atoms with Crippen LogP contribution in [0.25, 0.3) is 33.2 Å². The van der Waals surface area contributed by atoms with Gasteiger partial charge < -0.3 is 10.6 Å². The number of benzene rings is 2. The second-order valence-corrected chi connectivity index (χ2v) is 8.66. The number of anilines is 1. The first kappa shape index (κ1) is 20.4. The topological polar surface area (TPSA) is 78.5 Å². The molecule has 0 amide bonds. The van der Waals surface area contributed by atoms with Gasteiger partial charge in [0, 0.05) is 34.0 Å². The first-order valence-electron chi connectivity index (χ1n) is 10.6. The van der Waals surface area contributed by atoms with Gasteiger partial charge in [0.15, 0.2) is 5.82 Å². The molecule has 0 fully saturated rings. The highest BCUT2D eigenvalue weighted by atomic mass is 32.1. The predicted molar refractivity (Wildman–Crippen MR) is 132 cm³/mol. The van der Waals surface area contributed by atoms with E-state index in [0.717, 1.165) is 34.4 Å². The largest absolute Gasteiger partial charge is 0.361 e. The maximum Gasteiger partial charge on any atom is 0.157 e. The number of H-pyrrole nitrogens is 1. The lowest BCUT2D eigenvalue weighted by atomic mass is 10.0. The molecule has 5 aromatic rings. The van der Waals surface area contributed by atoms with Gasteiger partial charge in [0.05, 0.1) is 12.2 Å². The molecule has 7 heteroatoms. The van der Waals surface area contributed by atoms with E-state index in [2.05, 4.69) is 85.8 Å². The monoisotopic (exact) mass is 440 g/mol. The fraction of sp³-hybridized carbons (Fsp3) is 0.160. The Morgan fingerprint density at radius 1 is 1.00 bits per heavy atom. The Kier molecular flexibility index (Phi) is 5.66. The van der Waals surface area contributed by atoms with Gasteiger partial charge in [-0.25, -0.2) is 0 Å². The van der Waals surface area contributed by atoms with Crippen LogP contribution in [0.5, 0.6) is 0 Å². The third-order valence-corrected chi connectivity index (χ3v) is 6.67. The maximum absolute atomic E-state index is 4.53. The smallest absolute Gasteiger partial charge is 0.157 e. The molecule has 0 saturated carbocycles. The van der Waals surface area contributed by atoms with Gasteiger partial charge in [-0.1, -0.05) is 48.5 Å². The van der Waals surface area contributed by atoms with Crippen LogP contribution in [0, 0.1) is 0 Å². The Hall–Kier alpha value is -3.55. The molecule has 0 aliphatic heterocycles. The SMILES string of the molecule is CNCc1ccccc1-c1csc(C(C)Nc2nnc(-c3cn[nH]c3)c3ccccc23)c1. The summed E-state index contributed by atoms with van der Waals surface area (Å²) >= 11 is 1.76. The van der Waals surface area contributed by atoms with Crippen molar-refractivity contribution >= 4 is 27.9 Å². The lowest BCUT2D eigenvalue weighted by molar-refractivity contribution is 0.819. The summed E-state index contributed by atoms with van der Waals surface area (Å²) in [6.07, 6.45) is 3.61. The Bertz CT molecular complexity index is 1340. The van der Waals surface area contributed by atoms with Crippen LogP contribution in [-0.2, 0) is 6.54 Å². The van der Waals surface area contributed by atoms with E-state index in [-0.39, 0.29) is 6.04 Å². The minimum Gasteiger partial charge on any atom is -0.361 e. The molecule has 5 rings (SSSR count). The third-order valence-electron chi connectivity index (χ3n) is 5.55. The number of aromatic nitrogens is 4. The third kappa shape index (κ3) is 3.88. The first-order chi connectivity index (χ1) is 15.7. The number of nitrogens with one attached hydrogen (secondary N) is 3. The van der Waals surface area contributed by atoms with Crippen molar-refractivity contribution in [1.29, 1.82) is 0 Å². The minimum absolute atomic E-state index is 0.0997. The van der Waals surface area contributed by atoms with Crippen LogP contribution in [0.15, 0.2) is 72.4 Å². The van der Waals surface area contributed by atoms with Gasteiger partial charge in [0.2, 0.25) is 0 Å². The molecule has 1 atom stereocenters. The lowest BCUT2D eigenvalue weighted by Crippen LogP contribution is -2.08. The molecule has 160 valence electrons. The first-order valence-corrected chi connectivity index (χ1v) is 11.4. The average Bonchev–Trinajstić information content (AvgIpc) is 3.53. The minimum atomic E-state index is 0.0997. The fourth-order valence-corrected chi connectivity index (χ4v) is 4.86. The maximum atomic E-state index is 4.53. The summed E-state index contributed by atoms with van der Waals surface area (Å²) in [6.45, 7) is 3.01. The highest BCUT2D eigenvalue weighted by Gasteiger charge is 2.16. The van der Waals surface area contributed by atoms with Crippen molar-refractivity contribution in [1.82, 2.24) is 25.7 Å². The standard InChI is InChI=1S/C25H24N6S/c1-16(23-11-18(15-32-23)20-8-4-3-7-17(20)12-26-2)29-25-22-10-6-5-9-21(22)24(30-31-25)19-13-27-28-14-19/h3-11,13-16,26H,12H2,1-2H3,(H,27,28)(H,29,31). The number of thiophene rings is 1. The molecule has 0 bridgehead atoms. The summed E-state index contributed by atoms with van der Waals surface area (Å²) in [5, 5.41) is 27.1. The number of fused-ring (bicyclic) bond motifs is 1. The number of nitrogens with zero attached hydrogens (tertiary/aromatic N) is 3. The lowest BCUT2D eigenvalue weighted by Gasteiger charge is -2.15. The van der Waals surface area contributed by atoms with Gasteiger partial charge in [0.1, 0.15) is 5.69 Å². The zero-order valence-electron chi connectivity index (χ0n) is 18.0. The summed E-state index contributed by atoms with van der Waals surface area (Å²) in [5.41, 5.74) is 5.57. The second kappa shape index (κ2) is 8.90. The zero-order valence-corrected chi connectivity index (χ0v) is 18.8. The Morgan fingerprint density at radius 2 is 1.81 bits per heavy atom. The number of aromatic amines is 1. The Balaban J connectivity index is 1.44. The highest BCUT2D eigenvalue weighted by molar-refractivity contribution is 7.10. The van der Waals surface area contributed by atoms with E-state index in [1.165, 1.54) is 21.6 Å². The van der Waals surface area contributed by atoms with Crippen molar-refractivity contribution in [3.05, 3.63) is 82.8 Å². The van der Waals surface area contributed by atoms with E-state index in [1.807, 2.05) is 25.4 Å². The molecule has 0 radical (unpaired) electrons. The van der Waals surface area contributed by atoms with Crippen LogP contribution >= 0.6 is 11.3 Å². The summed E-state index contributed by atoms with van der Waals surface area (Å²) in [7, 11) is 1.98. The van der Waals surface area contributed by atoms with Gasteiger partial charge >= 0.3 is 0 Å². The Morgan fingerprint density at radius 3 is 2.62 bits per heavy atom. The highest BCUT2D eigenvalue weighted by Crippen LogP contribution is 2.34. The summed E-state index contributed by atoms with van der Waals surface area (Å²) in [5.74, 6) is 0.783. The summed E-state index contributed by atoms with van der Waals surface area (Å²) in [4.78, 5) is 1.25. The molecule has 3 aromatic heterocycles. The molecule has 0 saturated heterocycles. The van der Waals surface area contributed by atoms with Crippen molar-refractivity contribution < 1.29 is 0 Å². The van der Waals surface area contributed by atoms with Crippen LogP contribution in [0.3, 0.4) is 0 Å². The van der Waals surface area contributed by atoms with E-state index in [0.29, 0.717) is 0 Å². The van der Waals surface area contributed by atoms with Crippen LogP contribution in [0.1, 0.15) is 23.4 Å². The van der Waals surface area contributed by atoms with Crippen molar-refractivity contribution in [2.24, 2.45) is 0 Å². The molecule has 2 aromatic carbocycles. The van der Waals surface area contributed by atoms with E-state index >= 15 is 0 Å². The summed E-state index contributed by atoms with van der Waals surface area (Å²) in [6, 6.07) is 19.1. The molecular formula is C25H24N6S. The van der Waals surface area contributed by atoms with E-state index in [9.17, 15) is 0 Å². The van der Waals surface area contributed by atoms with Crippen LogP contribution in [-0.4, -0.2) is 27.4 Å². The molecule has 3 heterocycles. The van der Waals surface area contributed by atoms with Gasteiger partial charge in [-0.3, -0.25) is 5.10 Å². The molecular weight excluding hydrogens is 416 g/mol. The van der Waals surface area contributed by atoms with Crippen LogP contribution in [0.4, 0.5) is 5.82 Å².